The zero-order valence-electron chi connectivity index (χ0n) is 12.9. The Morgan fingerprint density at radius 2 is 1.83 bits per heavy atom. The summed E-state index contributed by atoms with van der Waals surface area (Å²) in [6.07, 6.45) is 6.24. The summed E-state index contributed by atoms with van der Waals surface area (Å²) in [7, 11) is 0. The molecule has 1 aliphatic carbocycles. The number of rotatable bonds is 4. The lowest BCUT2D eigenvalue weighted by molar-refractivity contribution is -0.143. The lowest BCUT2D eigenvalue weighted by Gasteiger charge is -2.14. The number of imide groups is 2. The van der Waals surface area contributed by atoms with Crippen molar-refractivity contribution in [2.45, 2.75) is 19.4 Å². The highest BCUT2D eigenvalue weighted by Crippen LogP contribution is 2.34. The molecule has 3 rings (SSSR count). The summed E-state index contributed by atoms with van der Waals surface area (Å²) in [6, 6.07) is 2.65. The summed E-state index contributed by atoms with van der Waals surface area (Å²) in [5, 5.41) is 4.55. The molecule has 2 N–H and O–H groups in total. The van der Waals surface area contributed by atoms with Crippen LogP contribution in [-0.2, 0) is 20.9 Å². The highest BCUT2D eigenvalue weighted by molar-refractivity contribution is 6.08. The highest BCUT2D eigenvalue weighted by Gasteiger charge is 2.47. The average Bonchev–Trinajstić information content (AvgIpc) is 3.17. The van der Waals surface area contributed by atoms with Gasteiger partial charge in [-0.1, -0.05) is 12.2 Å². The van der Waals surface area contributed by atoms with Gasteiger partial charge < -0.3 is 9.73 Å². The molecule has 0 radical (unpaired) electrons. The van der Waals surface area contributed by atoms with Crippen molar-refractivity contribution in [2.75, 3.05) is 6.54 Å². The molecular weight excluding hydrogens is 314 g/mol. The first-order valence-corrected chi connectivity index (χ1v) is 7.66. The molecule has 2 aliphatic rings. The van der Waals surface area contributed by atoms with E-state index in [1.807, 2.05) is 12.2 Å². The van der Waals surface area contributed by atoms with Crippen molar-refractivity contribution >= 4 is 23.8 Å². The summed E-state index contributed by atoms with van der Waals surface area (Å²) in [5.74, 6) is -1.63. The van der Waals surface area contributed by atoms with Crippen molar-refractivity contribution in [1.29, 1.82) is 0 Å². The minimum absolute atomic E-state index is 0.128. The van der Waals surface area contributed by atoms with Crippen LogP contribution in [0.2, 0.25) is 0 Å². The van der Waals surface area contributed by atoms with Crippen LogP contribution in [0.25, 0.3) is 0 Å². The molecule has 1 aromatic rings. The number of nitrogens with one attached hydrogen (secondary N) is 2. The van der Waals surface area contributed by atoms with Crippen molar-refractivity contribution in [3.8, 4) is 0 Å². The van der Waals surface area contributed by atoms with Gasteiger partial charge in [0.25, 0.3) is 0 Å². The van der Waals surface area contributed by atoms with Gasteiger partial charge in [0.05, 0.1) is 24.6 Å². The van der Waals surface area contributed by atoms with Gasteiger partial charge in [-0.3, -0.25) is 24.6 Å². The van der Waals surface area contributed by atoms with E-state index in [1.54, 1.807) is 12.1 Å². The third-order valence-electron chi connectivity index (χ3n) is 4.16. The number of carbonyl (C=O) groups is 4. The van der Waals surface area contributed by atoms with Gasteiger partial charge in [0.2, 0.25) is 17.7 Å². The van der Waals surface area contributed by atoms with Crippen molar-refractivity contribution in [2.24, 2.45) is 11.8 Å². The van der Waals surface area contributed by atoms with Crippen LogP contribution in [0.5, 0.6) is 0 Å². The Bertz CT molecular complexity index is 669. The molecule has 1 aliphatic heterocycles. The number of allylic oxidation sites excluding steroid dienone is 2. The first-order valence-electron chi connectivity index (χ1n) is 7.66. The van der Waals surface area contributed by atoms with Crippen LogP contribution >= 0.6 is 0 Å². The number of likely N-dealkylation sites (tertiary alicyclic amines) is 1. The fourth-order valence-corrected chi connectivity index (χ4v) is 2.96. The third-order valence-corrected chi connectivity index (χ3v) is 4.16. The summed E-state index contributed by atoms with van der Waals surface area (Å²) in [4.78, 5) is 49.0. The van der Waals surface area contributed by atoms with Gasteiger partial charge in [-0.25, -0.2) is 4.79 Å². The summed E-state index contributed by atoms with van der Waals surface area (Å²) >= 11 is 0. The molecule has 1 fully saturated rings. The average molecular weight is 331 g/mol. The minimum atomic E-state index is -0.713. The van der Waals surface area contributed by atoms with E-state index in [1.165, 1.54) is 6.26 Å². The predicted molar refractivity (Wildman–Crippen MR) is 81.2 cm³/mol. The van der Waals surface area contributed by atoms with Crippen molar-refractivity contribution in [3.05, 3.63) is 36.3 Å². The Morgan fingerprint density at radius 3 is 2.42 bits per heavy atom. The number of amides is 5. The monoisotopic (exact) mass is 331 g/mol. The molecule has 2 heterocycles. The molecule has 0 bridgehead atoms. The SMILES string of the molecule is O=C(CN1C(=O)[C@H]2CC=CC[C@H]2C1=O)NC(=O)NCc1ccco1. The van der Waals surface area contributed by atoms with E-state index < -0.39 is 18.5 Å². The van der Waals surface area contributed by atoms with Crippen molar-refractivity contribution in [3.63, 3.8) is 0 Å². The molecule has 126 valence electrons. The third kappa shape index (κ3) is 3.22. The Kier molecular flexibility index (Phi) is 4.45. The Morgan fingerprint density at radius 1 is 1.17 bits per heavy atom. The molecule has 5 amide bonds. The van der Waals surface area contributed by atoms with E-state index in [2.05, 4.69) is 10.6 Å². The summed E-state index contributed by atoms with van der Waals surface area (Å²) in [6.45, 7) is -0.317. The smallest absolute Gasteiger partial charge is 0.321 e. The van der Waals surface area contributed by atoms with Crippen LogP contribution < -0.4 is 10.6 Å². The van der Waals surface area contributed by atoms with E-state index in [4.69, 9.17) is 4.42 Å². The molecule has 2 atom stereocenters. The molecule has 8 heteroatoms. The van der Waals surface area contributed by atoms with Gasteiger partial charge >= 0.3 is 6.03 Å². The lowest BCUT2D eigenvalue weighted by atomic mass is 9.85. The number of urea groups is 1. The molecule has 8 nitrogen and oxygen atoms in total. The molecular formula is C16H17N3O5. The van der Waals surface area contributed by atoms with Gasteiger partial charge in [0.1, 0.15) is 12.3 Å². The zero-order valence-corrected chi connectivity index (χ0v) is 12.9. The fraction of sp³-hybridized carbons (Fsp3) is 0.375. The molecule has 0 unspecified atom stereocenters. The molecule has 0 saturated carbocycles. The molecule has 24 heavy (non-hydrogen) atoms. The highest BCUT2D eigenvalue weighted by atomic mass is 16.3. The predicted octanol–water partition coefficient (Wildman–Crippen LogP) is 0.557. The standard InChI is InChI=1S/C16H17N3O5/c20-13(18-16(23)17-8-10-4-3-7-24-10)9-19-14(21)11-5-1-2-6-12(11)15(19)22/h1-4,7,11-12H,5-6,8-9H2,(H2,17,18,20,23)/t11-,12+. The van der Waals surface area contributed by atoms with Crippen LogP contribution in [0, 0.1) is 11.8 Å². The topological polar surface area (TPSA) is 109 Å². The quantitative estimate of drug-likeness (QED) is 0.619. The molecule has 0 aromatic carbocycles. The second-order valence-electron chi connectivity index (χ2n) is 5.73. The number of furan rings is 1. The Balaban J connectivity index is 1.50. The molecule has 1 saturated heterocycles. The second-order valence-corrected chi connectivity index (χ2v) is 5.73. The Labute approximate surface area is 137 Å². The van der Waals surface area contributed by atoms with Crippen LogP contribution in [-0.4, -0.2) is 35.2 Å². The summed E-state index contributed by atoms with van der Waals surface area (Å²) < 4.78 is 5.05. The second kappa shape index (κ2) is 6.69. The van der Waals surface area contributed by atoms with Crippen LogP contribution in [0.4, 0.5) is 4.79 Å². The van der Waals surface area contributed by atoms with Gasteiger partial charge in [-0.15, -0.1) is 0 Å². The van der Waals surface area contributed by atoms with Gasteiger partial charge in [-0.2, -0.15) is 0 Å². The van der Waals surface area contributed by atoms with Gasteiger partial charge in [0, 0.05) is 0 Å². The van der Waals surface area contributed by atoms with Crippen LogP contribution in [0.3, 0.4) is 0 Å². The largest absolute Gasteiger partial charge is 0.467 e. The van der Waals surface area contributed by atoms with E-state index in [0.717, 1.165) is 4.90 Å². The van der Waals surface area contributed by atoms with E-state index in [0.29, 0.717) is 18.6 Å². The number of hydrogen-bond acceptors (Lipinski definition) is 5. The van der Waals surface area contributed by atoms with Gasteiger partial charge in [0.15, 0.2) is 0 Å². The van der Waals surface area contributed by atoms with Gasteiger partial charge in [-0.05, 0) is 25.0 Å². The normalized spacial score (nSPS) is 22.4. The number of carbonyl (C=O) groups excluding carboxylic acids is 4. The van der Waals surface area contributed by atoms with Crippen molar-refractivity contribution < 1.29 is 23.6 Å². The molecule has 1 aromatic heterocycles. The number of nitrogens with zero attached hydrogens (tertiary/aromatic N) is 1. The number of fused-ring (bicyclic) bond motifs is 1. The zero-order chi connectivity index (χ0) is 17.1. The van der Waals surface area contributed by atoms with E-state index >= 15 is 0 Å². The van der Waals surface area contributed by atoms with Crippen LogP contribution in [0.1, 0.15) is 18.6 Å². The van der Waals surface area contributed by atoms with E-state index in [-0.39, 0.29) is 30.2 Å². The number of hydrogen-bond donors (Lipinski definition) is 2. The maximum absolute atomic E-state index is 12.2. The maximum Gasteiger partial charge on any atom is 0.321 e. The molecule has 0 spiro atoms. The lowest BCUT2D eigenvalue weighted by Crippen LogP contribution is -2.46. The van der Waals surface area contributed by atoms with Crippen LogP contribution in [0.15, 0.2) is 35.0 Å². The minimum Gasteiger partial charge on any atom is -0.467 e. The Hall–Kier alpha value is -2.90. The summed E-state index contributed by atoms with van der Waals surface area (Å²) in [5.41, 5.74) is 0. The van der Waals surface area contributed by atoms with Crippen molar-refractivity contribution in [1.82, 2.24) is 15.5 Å². The van der Waals surface area contributed by atoms with E-state index in [9.17, 15) is 19.2 Å². The first-order chi connectivity index (χ1) is 11.6. The fourth-order valence-electron chi connectivity index (χ4n) is 2.96. The maximum atomic E-state index is 12.2. The first kappa shape index (κ1) is 16.0.